The minimum atomic E-state index is -3.57. The highest BCUT2D eigenvalue weighted by atomic mass is 35.5. The lowest BCUT2D eigenvalue weighted by atomic mass is 10.3. The number of anilines is 1. The lowest BCUT2D eigenvalue weighted by Crippen LogP contribution is -2.17. The highest BCUT2D eigenvalue weighted by molar-refractivity contribution is 8.13. The Bertz CT molecular complexity index is 845. The van der Waals surface area contributed by atoms with Crippen molar-refractivity contribution in [2.24, 2.45) is 4.99 Å². The van der Waals surface area contributed by atoms with E-state index in [1.807, 2.05) is 0 Å². The van der Waals surface area contributed by atoms with Crippen LogP contribution in [-0.4, -0.2) is 19.8 Å². The molecule has 0 amide bonds. The molecule has 0 spiro atoms. The minimum absolute atomic E-state index is 0.167. The standard InChI is InChI=1S/C15H12ClN3O2S2/c1-22-15(18-11-17)19(16)12-7-9-14(10-8-12)23(20,21)13-5-3-2-4-6-13/h2-10H,1H3. The van der Waals surface area contributed by atoms with Gasteiger partial charge in [0.25, 0.3) is 0 Å². The Morgan fingerprint density at radius 1 is 1.13 bits per heavy atom. The number of benzene rings is 2. The second kappa shape index (κ2) is 7.51. The lowest BCUT2D eigenvalue weighted by Gasteiger charge is -2.15. The normalized spacial score (nSPS) is 11.8. The molecule has 0 saturated carbocycles. The van der Waals surface area contributed by atoms with Crippen LogP contribution in [0.4, 0.5) is 5.69 Å². The van der Waals surface area contributed by atoms with Gasteiger partial charge in [0, 0.05) is 11.8 Å². The molecule has 2 aromatic carbocycles. The Balaban J connectivity index is 2.34. The zero-order chi connectivity index (χ0) is 16.9. The van der Waals surface area contributed by atoms with E-state index in [0.29, 0.717) is 10.9 Å². The molecule has 23 heavy (non-hydrogen) atoms. The average molecular weight is 366 g/mol. The molecule has 0 atom stereocenters. The number of thioether (sulfide) groups is 1. The van der Waals surface area contributed by atoms with Crippen molar-refractivity contribution in [3.63, 3.8) is 0 Å². The highest BCUT2D eigenvalue weighted by Crippen LogP contribution is 2.26. The summed E-state index contributed by atoms with van der Waals surface area (Å²) in [5.74, 6) is 0. The summed E-state index contributed by atoms with van der Waals surface area (Å²) >= 11 is 7.32. The first kappa shape index (κ1) is 17.3. The van der Waals surface area contributed by atoms with Crippen LogP contribution in [-0.2, 0) is 9.84 Å². The second-order valence-electron chi connectivity index (χ2n) is 4.29. The van der Waals surface area contributed by atoms with Gasteiger partial charge in [-0.25, -0.2) is 12.8 Å². The first-order chi connectivity index (χ1) is 11.0. The Morgan fingerprint density at radius 3 is 2.22 bits per heavy atom. The highest BCUT2D eigenvalue weighted by Gasteiger charge is 2.18. The van der Waals surface area contributed by atoms with E-state index in [4.69, 9.17) is 17.0 Å². The number of hydrogen-bond acceptors (Lipinski definition) is 5. The Kier molecular flexibility index (Phi) is 5.66. The summed E-state index contributed by atoms with van der Waals surface area (Å²) in [7, 11) is -3.57. The quantitative estimate of drug-likeness (QED) is 0.359. The van der Waals surface area contributed by atoms with Crippen molar-refractivity contribution in [1.29, 1.82) is 5.26 Å². The third-order valence-corrected chi connectivity index (χ3v) is 5.80. The molecule has 0 unspecified atom stereocenters. The molecule has 2 rings (SSSR count). The van der Waals surface area contributed by atoms with Gasteiger partial charge >= 0.3 is 0 Å². The first-order valence-electron chi connectivity index (χ1n) is 6.37. The van der Waals surface area contributed by atoms with Gasteiger partial charge in [-0.15, -0.1) is 4.99 Å². The van der Waals surface area contributed by atoms with Crippen LogP contribution < -0.4 is 4.42 Å². The van der Waals surface area contributed by atoms with Crippen molar-refractivity contribution in [3.8, 4) is 6.19 Å². The van der Waals surface area contributed by atoms with Gasteiger partial charge in [0.15, 0.2) is 5.17 Å². The number of rotatable bonds is 3. The SMILES string of the molecule is CSC(=NC#N)N(Cl)c1ccc(S(=O)(=O)c2ccccc2)cc1. The summed E-state index contributed by atoms with van der Waals surface area (Å²) in [6.07, 6.45) is 3.41. The number of hydrogen-bond donors (Lipinski definition) is 0. The van der Waals surface area contributed by atoms with E-state index in [9.17, 15) is 8.42 Å². The van der Waals surface area contributed by atoms with Gasteiger partial charge < -0.3 is 0 Å². The average Bonchev–Trinajstić information content (AvgIpc) is 2.60. The number of halogens is 1. The van der Waals surface area contributed by atoms with Crippen LogP contribution >= 0.6 is 23.5 Å². The molecule has 118 valence electrons. The van der Waals surface area contributed by atoms with Crippen molar-refractivity contribution in [2.45, 2.75) is 9.79 Å². The molecule has 2 aromatic rings. The fourth-order valence-corrected chi connectivity index (χ4v) is 3.85. The van der Waals surface area contributed by atoms with Crippen LogP contribution in [0.3, 0.4) is 0 Å². The summed E-state index contributed by atoms with van der Waals surface area (Å²) in [6, 6.07) is 14.2. The van der Waals surface area contributed by atoms with Crippen molar-refractivity contribution in [2.75, 3.05) is 10.7 Å². The van der Waals surface area contributed by atoms with Crippen molar-refractivity contribution in [3.05, 3.63) is 54.6 Å². The zero-order valence-corrected chi connectivity index (χ0v) is 14.4. The molecule has 8 heteroatoms. The van der Waals surface area contributed by atoms with E-state index in [2.05, 4.69) is 4.99 Å². The summed E-state index contributed by atoms with van der Waals surface area (Å²) < 4.78 is 26.2. The van der Waals surface area contributed by atoms with Crippen LogP contribution in [0.1, 0.15) is 0 Å². The van der Waals surface area contributed by atoms with E-state index >= 15 is 0 Å². The van der Waals surface area contributed by atoms with Crippen LogP contribution in [0, 0.1) is 11.5 Å². The molecule has 0 aromatic heterocycles. The first-order valence-corrected chi connectivity index (χ1v) is 9.42. The van der Waals surface area contributed by atoms with E-state index in [1.54, 1.807) is 54.9 Å². The van der Waals surface area contributed by atoms with Gasteiger partial charge in [0.2, 0.25) is 16.0 Å². The Hall–Kier alpha value is -2.01. The van der Waals surface area contributed by atoms with Gasteiger partial charge in [-0.2, -0.15) is 5.26 Å². The van der Waals surface area contributed by atoms with Crippen molar-refractivity contribution in [1.82, 2.24) is 0 Å². The molecule has 0 aliphatic heterocycles. The van der Waals surface area contributed by atoms with Gasteiger partial charge in [-0.1, -0.05) is 30.0 Å². The third kappa shape index (κ3) is 3.85. The maximum Gasteiger partial charge on any atom is 0.208 e. The molecule has 0 N–H and O–H groups in total. The summed E-state index contributed by atoms with van der Waals surface area (Å²) in [5.41, 5.74) is 0.516. The maximum atomic E-state index is 12.5. The molecule has 0 saturated heterocycles. The zero-order valence-electron chi connectivity index (χ0n) is 12.0. The molecule has 0 bridgehead atoms. The molecule has 0 heterocycles. The van der Waals surface area contributed by atoms with Gasteiger partial charge in [-0.3, -0.25) is 0 Å². The number of aliphatic imine (C=N–C) groups is 1. The summed E-state index contributed by atoms with van der Waals surface area (Å²) in [5, 5.41) is 8.92. The van der Waals surface area contributed by atoms with E-state index in [1.165, 1.54) is 28.3 Å². The maximum absolute atomic E-state index is 12.5. The predicted octanol–water partition coefficient (Wildman–Crippen LogP) is 3.68. The number of amidine groups is 1. The van der Waals surface area contributed by atoms with Crippen LogP contribution in [0.5, 0.6) is 0 Å². The smallest absolute Gasteiger partial charge is 0.208 e. The van der Waals surface area contributed by atoms with Crippen LogP contribution in [0.2, 0.25) is 0 Å². The van der Waals surface area contributed by atoms with Crippen molar-refractivity contribution >= 4 is 44.2 Å². The number of sulfone groups is 1. The van der Waals surface area contributed by atoms with Gasteiger partial charge in [-0.05, 0) is 42.7 Å². The van der Waals surface area contributed by atoms with Crippen molar-refractivity contribution < 1.29 is 8.42 Å². The second-order valence-corrected chi connectivity index (χ2v) is 7.35. The predicted molar refractivity (Wildman–Crippen MR) is 93.2 cm³/mol. The largest absolute Gasteiger partial charge is 0.230 e. The number of nitriles is 1. The fraction of sp³-hybridized carbons (Fsp3) is 0.0667. The molecule has 0 radical (unpaired) electrons. The summed E-state index contributed by atoms with van der Waals surface area (Å²) in [6.45, 7) is 0. The van der Waals surface area contributed by atoms with E-state index < -0.39 is 9.84 Å². The molecular formula is C15H12ClN3O2S2. The topological polar surface area (TPSA) is 73.5 Å². The van der Waals surface area contributed by atoms with Gasteiger partial charge in [0.1, 0.15) is 0 Å². The fourth-order valence-electron chi connectivity index (χ4n) is 1.81. The van der Waals surface area contributed by atoms with Crippen LogP contribution in [0.15, 0.2) is 69.4 Å². The Labute approximate surface area is 144 Å². The van der Waals surface area contributed by atoms with E-state index in [-0.39, 0.29) is 9.79 Å². The molecular weight excluding hydrogens is 354 g/mol. The molecule has 0 fully saturated rings. The lowest BCUT2D eigenvalue weighted by molar-refractivity contribution is 0.596. The van der Waals surface area contributed by atoms with Crippen LogP contribution in [0.25, 0.3) is 0 Å². The molecule has 5 nitrogen and oxygen atoms in total. The minimum Gasteiger partial charge on any atom is -0.230 e. The van der Waals surface area contributed by atoms with E-state index in [0.717, 1.165) is 0 Å². The van der Waals surface area contributed by atoms with Gasteiger partial charge in [0.05, 0.1) is 15.5 Å². The Morgan fingerprint density at radius 2 is 1.70 bits per heavy atom. The monoisotopic (exact) mass is 365 g/mol. The molecule has 0 aliphatic carbocycles. The molecule has 0 aliphatic rings. The number of nitrogens with zero attached hydrogens (tertiary/aromatic N) is 3. The third-order valence-electron chi connectivity index (χ3n) is 2.92. The summed E-state index contributed by atoms with van der Waals surface area (Å²) in [4.78, 5) is 3.99.